The maximum atomic E-state index is 11.9. The summed E-state index contributed by atoms with van der Waals surface area (Å²) in [4.78, 5) is 11.9. The van der Waals surface area contributed by atoms with Gasteiger partial charge in [-0.15, -0.1) is 0 Å². The Bertz CT molecular complexity index is 365. The van der Waals surface area contributed by atoms with Crippen LogP contribution in [0.25, 0.3) is 0 Å². The van der Waals surface area contributed by atoms with E-state index in [0.717, 1.165) is 6.42 Å². The molecule has 2 aliphatic rings. The van der Waals surface area contributed by atoms with Gasteiger partial charge in [0.15, 0.2) is 0 Å². The Hall–Kier alpha value is -1.05. The maximum absolute atomic E-state index is 11.9. The summed E-state index contributed by atoms with van der Waals surface area (Å²) in [5.74, 6) is 0.663. The number of amides is 1. The van der Waals surface area contributed by atoms with Gasteiger partial charge >= 0.3 is 0 Å². The van der Waals surface area contributed by atoms with E-state index in [0.29, 0.717) is 5.92 Å². The molecule has 0 heterocycles. The molecule has 1 fully saturated rings. The van der Waals surface area contributed by atoms with Crippen molar-refractivity contribution in [2.45, 2.75) is 39.7 Å². The second-order valence-electron chi connectivity index (χ2n) is 5.80. The van der Waals surface area contributed by atoms with Gasteiger partial charge in [0.05, 0.1) is 5.54 Å². The minimum atomic E-state index is -0.300. The van der Waals surface area contributed by atoms with E-state index in [1.54, 1.807) is 0 Å². The summed E-state index contributed by atoms with van der Waals surface area (Å²) in [5.41, 5.74) is 0.952. The van der Waals surface area contributed by atoms with Crippen LogP contribution in [0.5, 0.6) is 0 Å². The lowest BCUT2D eigenvalue weighted by molar-refractivity contribution is -0.129. The molecular formula is C13H21NO. The summed E-state index contributed by atoms with van der Waals surface area (Å²) in [7, 11) is 0. The molecule has 1 N–H and O–H groups in total. The first kappa shape index (κ1) is 10.5. The highest BCUT2D eigenvalue weighted by molar-refractivity contribution is 5.83. The highest BCUT2D eigenvalue weighted by Gasteiger charge is 2.53. The van der Waals surface area contributed by atoms with Crippen LogP contribution in [0.2, 0.25) is 0 Å². The first-order valence-electron chi connectivity index (χ1n) is 5.54. The second kappa shape index (κ2) is 2.97. The third-order valence-electron chi connectivity index (χ3n) is 3.19. The summed E-state index contributed by atoms with van der Waals surface area (Å²) in [6.07, 6.45) is 7.56. The van der Waals surface area contributed by atoms with Gasteiger partial charge in [0.2, 0.25) is 5.91 Å². The molecule has 2 unspecified atom stereocenters. The first-order chi connectivity index (χ1) is 6.83. The fourth-order valence-corrected chi connectivity index (χ4v) is 1.94. The van der Waals surface area contributed by atoms with Crippen LogP contribution in [0.3, 0.4) is 0 Å². The molecule has 0 spiro atoms. The normalized spacial score (nSPS) is 33.1. The standard InChI is InChI=1S/C13H19NO.H2/c1-9-5-6-13(8-10(13)7-9)14-11(15)12(2,3)4;/h5-7,10H,8H2,1-4H3,(H,14,15);1H. The molecule has 0 aliphatic heterocycles. The third-order valence-corrected chi connectivity index (χ3v) is 3.19. The van der Waals surface area contributed by atoms with Crippen LogP contribution in [0, 0.1) is 11.3 Å². The number of allylic oxidation sites excluding steroid dienone is 2. The quantitative estimate of drug-likeness (QED) is 0.703. The van der Waals surface area contributed by atoms with Crippen molar-refractivity contribution in [2.24, 2.45) is 11.3 Å². The van der Waals surface area contributed by atoms with Crippen molar-refractivity contribution in [1.29, 1.82) is 0 Å². The van der Waals surface area contributed by atoms with Crippen molar-refractivity contribution in [1.82, 2.24) is 5.32 Å². The molecule has 1 amide bonds. The molecule has 0 radical (unpaired) electrons. The van der Waals surface area contributed by atoms with Crippen molar-refractivity contribution in [3.05, 3.63) is 23.8 Å². The zero-order chi connectivity index (χ0) is 11.3. The summed E-state index contributed by atoms with van der Waals surface area (Å²) >= 11 is 0. The van der Waals surface area contributed by atoms with Crippen LogP contribution >= 0.6 is 0 Å². The van der Waals surface area contributed by atoms with Gasteiger partial charge in [-0.05, 0) is 13.3 Å². The average molecular weight is 207 g/mol. The zero-order valence-corrected chi connectivity index (χ0v) is 9.92. The minimum Gasteiger partial charge on any atom is -0.346 e. The van der Waals surface area contributed by atoms with E-state index in [-0.39, 0.29) is 18.3 Å². The fraction of sp³-hybridized carbons (Fsp3) is 0.615. The van der Waals surface area contributed by atoms with Gasteiger partial charge in [-0.2, -0.15) is 0 Å². The lowest BCUT2D eigenvalue weighted by Crippen LogP contribution is -2.43. The molecule has 0 aromatic carbocycles. The Morgan fingerprint density at radius 2 is 2.27 bits per heavy atom. The van der Waals surface area contributed by atoms with E-state index in [4.69, 9.17) is 0 Å². The van der Waals surface area contributed by atoms with Gasteiger partial charge in [0, 0.05) is 12.8 Å². The SMILES string of the molecule is CC1=CC2CC2(NC(=O)C(C)(C)C)C=C1.[HH]. The second-order valence-corrected chi connectivity index (χ2v) is 5.80. The molecule has 2 rings (SSSR count). The lowest BCUT2D eigenvalue weighted by atomic mass is 9.94. The summed E-state index contributed by atoms with van der Waals surface area (Å²) in [5, 5.41) is 3.16. The largest absolute Gasteiger partial charge is 0.346 e. The predicted molar refractivity (Wildman–Crippen MR) is 63.4 cm³/mol. The van der Waals surface area contributed by atoms with Crippen LogP contribution in [0.1, 0.15) is 35.5 Å². The van der Waals surface area contributed by atoms with Crippen LogP contribution < -0.4 is 5.32 Å². The van der Waals surface area contributed by atoms with Gasteiger partial charge in [0.25, 0.3) is 0 Å². The van der Waals surface area contributed by atoms with Crippen molar-refractivity contribution in [3.8, 4) is 0 Å². The van der Waals surface area contributed by atoms with Gasteiger partial charge in [-0.1, -0.05) is 44.6 Å². The van der Waals surface area contributed by atoms with Crippen molar-refractivity contribution in [2.75, 3.05) is 0 Å². The van der Waals surface area contributed by atoms with Gasteiger partial charge in [0.1, 0.15) is 0 Å². The van der Waals surface area contributed by atoms with Crippen LogP contribution in [-0.4, -0.2) is 11.4 Å². The first-order valence-corrected chi connectivity index (χ1v) is 5.54. The van der Waals surface area contributed by atoms with Crippen molar-refractivity contribution >= 4 is 5.91 Å². The number of nitrogens with one attached hydrogen (secondary N) is 1. The number of carbonyl (C=O) groups is 1. The summed E-state index contributed by atoms with van der Waals surface area (Å²) in [6.45, 7) is 7.95. The van der Waals surface area contributed by atoms with E-state index in [1.807, 2.05) is 20.8 Å². The molecule has 2 heteroatoms. The lowest BCUT2D eigenvalue weighted by Gasteiger charge is -2.24. The van der Waals surface area contributed by atoms with E-state index in [2.05, 4.69) is 30.5 Å². The highest BCUT2D eigenvalue weighted by Crippen LogP contribution is 2.49. The van der Waals surface area contributed by atoms with E-state index in [1.165, 1.54) is 5.57 Å². The number of hydrogen-bond acceptors (Lipinski definition) is 1. The number of rotatable bonds is 1. The fourth-order valence-electron chi connectivity index (χ4n) is 1.94. The van der Waals surface area contributed by atoms with E-state index < -0.39 is 0 Å². The summed E-state index contributed by atoms with van der Waals surface area (Å²) in [6, 6.07) is 0. The molecule has 15 heavy (non-hydrogen) atoms. The topological polar surface area (TPSA) is 29.1 Å². The highest BCUT2D eigenvalue weighted by atomic mass is 16.2. The molecule has 2 aliphatic carbocycles. The average Bonchev–Trinajstić information content (AvgIpc) is 2.76. The maximum Gasteiger partial charge on any atom is 0.226 e. The monoisotopic (exact) mass is 207 g/mol. The number of fused-ring (bicyclic) bond motifs is 1. The van der Waals surface area contributed by atoms with Gasteiger partial charge < -0.3 is 5.32 Å². The number of carbonyl (C=O) groups excluding carboxylic acids is 1. The smallest absolute Gasteiger partial charge is 0.226 e. The van der Waals surface area contributed by atoms with E-state index in [9.17, 15) is 4.79 Å². The molecule has 2 nitrogen and oxygen atoms in total. The number of hydrogen-bond donors (Lipinski definition) is 1. The zero-order valence-electron chi connectivity index (χ0n) is 9.92. The van der Waals surface area contributed by atoms with Gasteiger partial charge in [-0.3, -0.25) is 4.79 Å². The van der Waals surface area contributed by atoms with Crippen LogP contribution in [0.15, 0.2) is 23.8 Å². The molecule has 1 saturated carbocycles. The van der Waals surface area contributed by atoms with Crippen LogP contribution in [0.4, 0.5) is 0 Å². The molecule has 0 bridgehead atoms. The Morgan fingerprint density at radius 1 is 1.60 bits per heavy atom. The Kier molecular flexibility index (Phi) is 2.07. The molecule has 0 aromatic rings. The van der Waals surface area contributed by atoms with Gasteiger partial charge in [-0.25, -0.2) is 0 Å². The molecule has 84 valence electrons. The molecule has 0 aromatic heterocycles. The van der Waals surface area contributed by atoms with Crippen molar-refractivity contribution in [3.63, 3.8) is 0 Å². The third kappa shape index (κ3) is 1.85. The molecule has 2 atom stereocenters. The minimum absolute atomic E-state index is 0. The molecular weight excluding hydrogens is 186 g/mol. The van der Waals surface area contributed by atoms with Crippen molar-refractivity contribution < 1.29 is 6.22 Å². The predicted octanol–water partition coefficient (Wildman–Crippen LogP) is 2.67. The Labute approximate surface area is 92.9 Å². The van der Waals surface area contributed by atoms with Crippen LogP contribution in [-0.2, 0) is 4.79 Å². The Morgan fingerprint density at radius 3 is 2.80 bits per heavy atom. The Balaban J connectivity index is 0.00000128. The molecule has 0 saturated heterocycles. The van der Waals surface area contributed by atoms with E-state index >= 15 is 0 Å². The summed E-state index contributed by atoms with van der Waals surface area (Å²) < 4.78 is 0.